The number of rotatable bonds is 3. The number of carbonyl (C=O) groups is 1. The fraction of sp³-hybridized carbons (Fsp3) is 0.588. The first-order valence-corrected chi connectivity index (χ1v) is 7.65. The normalized spacial score (nSPS) is 25.7. The molecule has 1 spiro atoms. The van der Waals surface area contributed by atoms with Crippen molar-refractivity contribution in [3.8, 4) is 0 Å². The lowest BCUT2D eigenvalue weighted by molar-refractivity contribution is -0.190. The Balaban J connectivity index is 1.84. The molecule has 1 heterocycles. The third-order valence-electron chi connectivity index (χ3n) is 4.60. The molecule has 4 nitrogen and oxygen atoms in total. The molecule has 0 radical (unpaired) electrons. The molecule has 2 fully saturated rings. The Bertz CT molecular complexity index is 479. The number of esters is 1. The van der Waals surface area contributed by atoms with Crippen LogP contribution in [0, 0.1) is 5.92 Å². The summed E-state index contributed by atoms with van der Waals surface area (Å²) in [5, 5.41) is 0. The van der Waals surface area contributed by atoms with Gasteiger partial charge in [-0.25, -0.2) is 0 Å². The van der Waals surface area contributed by atoms with Gasteiger partial charge in [0, 0.05) is 12.8 Å². The van der Waals surface area contributed by atoms with E-state index in [9.17, 15) is 4.79 Å². The summed E-state index contributed by atoms with van der Waals surface area (Å²) in [5.41, 5.74) is 1.02. The molecule has 0 aromatic heterocycles. The highest BCUT2D eigenvalue weighted by molar-refractivity contribution is 5.78. The highest BCUT2D eigenvalue weighted by Gasteiger charge is 2.45. The predicted molar refractivity (Wildman–Crippen MR) is 77.8 cm³/mol. The summed E-state index contributed by atoms with van der Waals surface area (Å²) in [4.78, 5) is 12.3. The molecule has 0 N–H and O–H groups in total. The van der Waals surface area contributed by atoms with Crippen molar-refractivity contribution in [3.05, 3.63) is 35.9 Å². The third kappa shape index (κ3) is 2.97. The minimum Gasteiger partial charge on any atom is -0.469 e. The molecule has 21 heavy (non-hydrogen) atoms. The maximum atomic E-state index is 12.3. The van der Waals surface area contributed by atoms with Gasteiger partial charge in [-0.3, -0.25) is 4.79 Å². The average Bonchev–Trinajstić information content (AvgIpc) is 2.96. The zero-order valence-corrected chi connectivity index (χ0v) is 12.4. The summed E-state index contributed by atoms with van der Waals surface area (Å²) in [5.74, 6) is -0.668. The fourth-order valence-electron chi connectivity index (χ4n) is 3.67. The summed E-state index contributed by atoms with van der Waals surface area (Å²) < 4.78 is 16.7. The molecule has 2 aliphatic rings. The van der Waals surface area contributed by atoms with Gasteiger partial charge in [0.2, 0.25) is 0 Å². The van der Waals surface area contributed by atoms with Crippen LogP contribution in [0.3, 0.4) is 0 Å². The van der Waals surface area contributed by atoms with Crippen LogP contribution in [0.5, 0.6) is 0 Å². The maximum absolute atomic E-state index is 12.3. The molecule has 0 amide bonds. The third-order valence-corrected chi connectivity index (χ3v) is 4.60. The van der Waals surface area contributed by atoms with Crippen molar-refractivity contribution >= 4 is 5.97 Å². The van der Waals surface area contributed by atoms with E-state index in [2.05, 4.69) is 0 Å². The van der Waals surface area contributed by atoms with Crippen LogP contribution in [0.15, 0.2) is 30.3 Å². The second-order valence-corrected chi connectivity index (χ2v) is 5.88. The van der Waals surface area contributed by atoms with Gasteiger partial charge in [-0.2, -0.15) is 0 Å². The van der Waals surface area contributed by atoms with Gasteiger partial charge in [-0.05, 0) is 24.3 Å². The van der Waals surface area contributed by atoms with E-state index in [4.69, 9.17) is 14.2 Å². The Morgan fingerprint density at radius 1 is 1.29 bits per heavy atom. The van der Waals surface area contributed by atoms with Gasteiger partial charge in [0.05, 0.1) is 26.2 Å². The number of hydrogen-bond donors (Lipinski definition) is 0. The lowest BCUT2D eigenvalue weighted by atomic mass is 9.74. The van der Waals surface area contributed by atoms with Crippen LogP contribution < -0.4 is 0 Å². The minimum atomic E-state index is -0.468. The molecule has 1 aromatic carbocycles. The molecule has 0 unspecified atom stereocenters. The van der Waals surface area contributed by atoms with Gasteiger partial charge in [0.1, 0.15) is 0 Å². The topological polar surface area (TPSA) is 44.8 Å². The Kier molecular flexibility index (Phi) is 4.27. The lowest BCUT2D eigenvalue weighted by Gasteiger charge is -2.38. The number of hydrogen-bond acceptors (Lipinski definition) is 4. The Morgan fingerprint density at radius 3 is 2.67 bits per heavy atom. The second-order valence-electron chi connectivity index (χ2n) is 5.88. The largest absolute Gasteiger partial charge is 0.469 e. The summed E-state index contributed by atoms with van der Waals surface area (Å²) in [6, 6.07) is 9.89. The van der Waals surface area contributed by atoms with E-state index < -0.39 is 5.79 Å². The molecule has 4 heteroatoms. The van der Waals surface area contributed by atoms with E-state index in [1.54, 1.807) is 0 Å². The summed E-state index contributed by atoms with van der Waals surface area (Å²) in [6.07, 6.45) is 3.71. The second kappa shape index (κ2) is 6.16. The fourth-order valence-corrected chi connectivity index (χ4v) is 3.67. The van der Waals surface area contributed by atoms with Gasteiger partial charge in [-0.1, -0.05) is 30.3 Å². The first-order valence-electron chi connectivity index (χ1n) is 7.65. The quantitative estimate of drug-likeness (QED) is 0.803. The van der Waals surface area contributed by atoms with E-state index in [0.717, 1.165) is 31.2 Å². The summed E-state index contributed by atoms with van der Waals surface area (Å²) >= 11 is 0. The SMILES string of the molecule is COC(=O)[C@@H](c1ccccc1)[C@H]1CCCC2(C1)OCCO2. The van der Waals surface area contributed by atoms with Crippen LogP contribution in [-0.2, 0) is 19.0 Å². The van der Waals surface area contributed by atoms with Crippen molar-refractivity contribution in [2.45, 2.75) is 37.4 Å². The zero-order valence-electron chi connectivity index (χ0n) is 12.4. The first kappa shape index (κ1) is 14.5. The number of ether oxygens (including phenoxy) is 3. The minimum absolute atomic E-state index is 0.166. The average molecular weight is 290 g/mol. The molecule has 2 atom stereocenters. The van der Waals surface area contributed by atoms with Crippen LogP contribution >= 0.6 is 0 Å². The Morgan fingerprint density at radius 2 is 2.00 bits per heavy atom. The maximum Gasteiger partial charge on any atom is 0.313 e. The first-order chi connectivity index (χ1) is 10.2. The standard InChI is InChI=1S/C17H22O4/c1-19-16(18)15(13-6-3-2-4-7-13)14-8-5-9-17(12-14)20-10-11-21-17/h2-4,6-7,14-15H,5,8-12H2,1H3/t14-,15-/m0/s1. The van der Waals surface area contributed by atoms with Crippen LogP contribution in [0.25, 0.3) is 0 Å². The van der Waals surface area contributed by atoms with E-state index in [1.165, 1.54) is 7.11 Å². The van der Waals surface area contributed by atoms with E-state index in [1.807, 2.05) is 30.3 Å². The lowest BCUT2D eigenvalue weighted by Crippen LogP contribution is -2.39. The predicted octanol–water partition coefficient (Wildman–Crippen LogP) is 2.88. The molecular weight excluding hydrogens is 268 g/mol. The van der Waals surface area contributed by atoms with Crippen molar-refractivity contribution in [1.82, 2.24) is 0 Å². The van der Waals surface area contributed by atoms with Gasteiger partial charge in [0.15, 0.2) is 5.79 Å². The van der Waals surface area contributed by atoms with Gasteiger partial charge < -0.3 is 14.2 Å². The van der Waals surface area contributed by atoms with Crippen molar-refractivity contribution in [2.75, 3.05) is 20.3 Å². The monoisotopic (exact) mass is 290 g/mol. The van der Waals surface area contributed by atoms with E-state index in [0.29, 0.717) is 13.2 Å². The van der Waals surface area contributed by atoms with Crippen molar-refractivity contribution < 1.29 is 19.0 Å². The molecule has 1 saturated heterocycles. The number of benzene rings is 1. The van der Waals surface area contributed by atoms with Gasteiger partial charge in [-0.15, -0.1) is 0 Å². The Hall–Kier alpha value is -1.39. The molecule has 1 saturated carbocycles. The van der Waals surface area contributed by atoms with Crippen molar-refractivity contribution in [3.63, 3.8) is 0 Å². The van der Waals surface area contributed by atoms with E-state index in [-0.39, 0.29) is 17.8 Å². The molecule has 1 aliphatic carbocycles. The smallest absolute Gasteiger partial charge is 0.313 e. The van der Waals surface area contributed by atoms with Gasteiger partial charge >= 0.3 is 5.97 Å². The summed E-state index contributed by atoms with van der Waals surface area (Å²) in [7, 11) is 1.46. The molecular formula is C17H22O4. The molecule has 1 aliphatic heterocycles. The zero-order chi connectivity index (χ0) is 14.7. The summed E-state index contributed by atoms with van der Waals surface area (Å²) in [6.45, 7) is 1.31. The van der Waals surface area contributed by atoms with Crippen molar-refractivity contribution in [1.29, 1.82) is 0 Å². The highest BCUT2D eigenvalue weighted by Crippen LogP contribution is 2.44. The molecule has 114 valence electrons. The van der Waals surface area contributed by atoms with E-state index >= 15 is 0 Å². The van der Waals surface area contributed by atoms with Gasteiger partial charge in [0.25, 0.3) is 0 Å². The van der Waals surface area contributed by atoms with Crippen LogP contribution in [0.4, 0.5) is 0 Å². The number of carbonyl (C=O) groups excluding carboxylic acids is 1. The van der Waals surface area contributed by atoms with Crippen LogP contribution in [0.2, 0.25) is 0 Å². The van der Waals surface area contributed by atoms with Crippen LogP contribution in [0.1, 0.15) is 37.2 Å². The number of methoxy groups -OCH3 is 1. The van der Waals surface area contributed by atoms with Crippen molar-refractivity contribution in [2.24, 2.45) is 5.92 Å². The Labute approximate surface area is 125 Å². The molecule has 0 bridgehead atoms. The molecule has 3 rings (SSSR count). The highest BCUT2D eigenvalue weighted by atomic mass is 16.7. The molecule has 1 aromatic rings. The van der Waals surface area contributed by atoms with Crippen LogP contribution in [-0.4, -0.2) is 32.1 Å².